The highest BCUT2D eigenvalue weighted by Gasteiger charge is 2.36. The molecule has 0 saturated carbocycles. The second kappa shape index (κ2) is 11.0. The van der Waals surface area contributed by atoms with Crippen LogP contribution in [0.2, 0.25) is 5.02 Å². The van der Waals surface area contributed by atoms with E-state index in [0.29, 0.717) is 41.5 Å². The number of nitrogens with zero attached hydrogens (tertiary/aromatic N) is 4. The van der Waals surface area contributed by atoms with Gasteiger partial charge in [0.1, 0.15) is 17.2 Å². The van der Waals surface area contributed by atoms with E-state index >= 15 is 0 Å². The summed E-state index contributed by atoms with van der Waals surface area (Å²) in [5.74, 6) is 0.782. The van der Waals surface area contributed by atoms with Crippen molar-refractivity contribution < 1.29 is 14.3 Å². The highest BCUT2D eigenvalue weighted by Crippen LogP contribution is 2.34. The summed E-state index contributed by atoms with van der Waals surface area (Å²) in [6.45, 7) is 5.90. The van der Waals surface area contributed by atoms with E-state index < -0.39 is 23.8 Å². The molecule has 2 aromatic carbocycles. The molecule has 1 atom stereocenters. The molecule has 1 fully saturated rings. The molecule has 11 heteroatoms. The van der Waals surface area contributed by atoms with Crippen molar-refractivity contribution >= 4 is 46.1 Å². The van der Waals surface area contributed by atoms with Gasteiger partial charge in [0.2, 0.25) is 0 Å². The first-order chi connectivity index (χ1) is 19.1. The summed E-state index contributed by atoms with van der Waals surface area (Å²) in [5.41, 5.74) is 0.282. The number of ether oxygens (including phenoxy) is 1. The van der Waals surface area contributed by atoms with Gasteiger partial charge in [-0.2, -0.15) is 0 Å². The standard InChI is InChI=1S/C29H29ClN6O4/c1-29(2,3)40-28(39)35-16-8-13-22(35)25-33-21-12-7-11-20(30)24(21)26(37)36(25)19-10-6-9-18(17-19)32-27(38)34-23-14-4-5-15-31-23/h4-7,9-12,14-15,17,22H,8,13,16H2,1-3H3,(H2,31,32,34,38)/t22-/m0/s1. The van der Waals surface area contributed by atoms with E-state index in [0.717, 1.165) is 6.42 Å². The molecule has 1 aliphatic heterocycles. The average molecular weight is 561 g/mol. The quantitative estimate of drug-likeness (QED) is 0.309. The predicted molar refractivity (Wildman–Crippen MR) is 154 cm³/mol. The lowest BCUT2D eigenvalue weighted by molar-refractivity contribution is 0.0216. The van der Waals surface area contributed by atoms with E-state index in [1.807, 2.05) is 20.8 Å². The fourth-order valence-electron chi connectivity index (χ4n) is 4.69. The second-order valence-corrected chi connectivity index (χ2v) is 10.8. The number of halogens is 1. The Morgan fingerprint density at radius 3 is 2.60 bits per heavy atom. The zero-order chi connectivity index (χ0) is 28.4. The van der Waals surface area contributed by atoms with Crippen LogP contribution >= 0.6 is 11.6 Å². The van der Waals surface area contributed by atoms with Gasteiger partial charge in [0, 0.05) is 18.4 Å². The number of benzene rings is 2. The maximum absolute atomic E-state index is 14.0. The summed E-state index contributed by atoms with van der Waals surface area (Å²) in [5, 5.41) is 5.98. The van der Waals surface area contributed by atoms with E-state index in [1.165, 1.54) is 4.57 Å². The molecule has 1 saturated heterocycles. The Morgan fingerprint density at radius 1 is 1.05 bits per heavy atom. The van der Waals surface area contributed by atoms with Gasteiger partial charge < -0.3 is 10.1 Å². The number of urea groups is 1. The van der Waals surface area contributed by atoms with E-state index in [9.17, 15) is 14.4 Å². The van der Waals surface area contributed by atoms with Gasteiger partial charge in [-0.25, -0.2) is 19.6 Å². The fourth-order valence-corrected chi connectivity index (χ4v) is 4.94. The molecular formula is C29H29ClN6O4. The van der Waals surface area contributed by atoms with Crippen molar-refractivity contribution in [2.24, 2.45) is 0 Å². The maximum Gasteiger partial charge on any atom is 0.410 e. The number of carbonyl (C=O) groups excluding carboxylic acids is 2. The average Bonchev–Trinajstić information content (AvgIpc) is 3.38. The van der Waals surface area contributed by atoms with Crippen molar-refractivity contribution in [1.29, 1.82) is 0 Å². The molecule has 2 aromatic heterocycles. The third kappa shape index (κ3) is 5.76. The van der Waals surface area contributed by atoms with Crippen molar-refractivity contribution in [3.63, 3.8) is 0 Å². The Hall–Kier alpha value is -4.44. The third-order valence-corrected chi connectivity index (χ3v) is 6.64. The van der Waals surface area contributed by atoms with Crippen molar-refractivity contribution in [2.45, 2.75) is 45.3 Å². The SMILES string of the molecule is CC(C)(C)OC(=O)N1CCC[C@H]1c1nc2cccc(Cl)c2c(=O)n1-c1cccc(NC(=O)Nc2ccccn2)c1. The van der Waals surface area contributed by atoms with E-state index in [1.54, 1.807) is 71.8 Å². The van der Waals surface area contributed by atoms with Crippen LogP contribution in [0, 0.1) is 0 Å². The molecule has 0 aliphatic carbocycles. The summed E-state index contributed by atoms with van der Waals surface area (Å²) >= 11 is 6.45. The molecule has 206 valence electrons. The first-order valence-corrected chi connectivity index (χ1v) is 13.3. The summed E-state index contributed by atoms with van der Waals surface area (Å²) in [6, 6.07) is 16.1. The van der Waals surface area contributed by atoms with E-state index in [2.05, 4.69) is 15.6 Å². The Bertz CT molecular complexity index is 1630. The molecule has 4 aromatic rings. The minimum absolute atomic E-state index is 0.265. The summed E-state index contributed by atoms with van der Waals surface area (Å²) in [4.78, 5) is 50.3. The third-order valence-electron chi connectivity index (χ3n) is 6.32. The first-order valence-electron chi connectivity index (χ1n) is 12.9. The number of nitrogens with one attached hydrogen (secondary N) is 2. The second-order valence-electron chi connectivity index (χ2n) is 10.4. The van der Waals surface area contributed by atoms with Crippen LogP contribution in [0.5, 0.6) is 0 Å². The molecule has 3 heterocycles. The van der Waals surface area contributed by atoms with Crippen molar-refractivity contribution in [3.05, 3.63) is 88.1 Å². The molecule has 5 rings (SSSR count). The van der Waals surface area contributed by atoms with Gasteiger partial charge in [0.25, 0.3) is 5.56 Å². The molecule has 0 unspecified atom stereocenters. The topological polar surface area (TPSA) is 118 Å². The minimum Gasteiger partial charge on any atom is -0.444 e. The largest absolute Gasteiger partial charge is 0.444 e. The van der Waals surface area contributed by atoms with Crippen LogP contribution in [0.15, 0.2) is 71.7 Å². The number of hydrogen-bond acceptors (Lipinski definition) is 6. The van der Waals surface area contributed by atoms with Crippen LogP contribution in [0.1, 0.15) is 45.5 Å². The Balaban J connectivity index is 1.57. The Kier molecular flexibility index (Phi) is 7.44. The lowest BCUT2D eigenvalue weighted by Gasteiger charge is -2.29. The molecule has 2 N–H and O–H groups in total. The normalized spacial score (nSPS) is 15.2. The number of anilines is 2. The van der Waals surface area contributed by atoms with Gasteiger partial charge in [-0.05, 0) is 76.1 Å². The lowest BCUT2D eigenvalue weighted by atomic mass is 10.1. The van der Waals surface area contributed by atoms with Crippen LogP contribution < -0.4 is 16.2 Å². The number of pyridine rings is 1. The monoisotopic (exact) mass is 560 g/mol. The molecule has 0 bridgehead atoms. The zero-order valence-corrected chi connectivity index (χ0v) is 23.1. The summed E-state index contributed by atoms with van der Waals surface area (Å²) < 4.78 is 7.12. The maximum atomic E-state index is 14.0. The molecule has 0 spiro atoms. The zero-order valence-electron chi connectivity index (χ0n) is 22.3. The van der Waals surface area contributed by atoms with Crippen LogP contribution in [0.4, 0.5) is 21.1 Å². The van der Waals surface area contributed by atoms with Crippen molar-refractivity contribution in [1.82, 2.24) is 19.4 Å². The molecule has 10 nitrogen and oxygen atoms in total. The number of amides is 3. The number of hydrogen-bond donors (Lipinski definition) is 2. The smallest absolute Gasteiger partial charge is 0.410 e. The van der Waals surface area contributed by atoms with Gasteiger partial charge in [-0.3, -0.25) is 19.6 Å². The van der Waals surface area contributed by atoms with Crippen LogP contribution in [0.3, 0.4) is 0 Å². The van der Waals surface area contributed by atoms with Gasteiger partial charge >= 0.3 is 12.1 Å². The van der Waals surface area contributed by atoms with Gasteiger partial charge in [-0.1, -0.05) is 29.8 Å². The molecule has 0 radical (unpaired) electrons. The van der Waals surface area contributed by atoms with Gasteiger partial charge in [0.05, 0.1) is 27.7 Å². The number of likely N-dealkylation sites (tertiary alicyclic amines) is 1. The predicted octanol–water partition coefficient (Wildman–Crippen LogP) is 6.15. The van der Waals surface area contributed by atoms with E-state index in [4.69, 9.17) is 21.3 Å². The summed E-state index contributed by atoms with van der Waals surface area (Å²) in [6.07, 6.45) is 2.43. The van der Waals surface area contributed by atoms with Crippen molar-refractivity contribution in [2.75, 3.05) is 17.2 Å². The number of aromatic nitrogens is 3. The Morgan fingerprint density at radius 2 is 1.85 bits per heavy atom. The first kappa shape index (κ1) is 27.1. The highest BCUT2D eigenvalue weighted by atomic mass is 35.5. The molecule has 1 aliphatic rings. The fraction of sp³-hybridized carbons (Fsp3) is 0.276. The van der Waals surface area contributed by atoms with Gasteiger partial charge in [0.15, 0.2) is 0 Å². The number of fused-ring (bicyclic) bond motifs is 1. The lowest BCUT2D eigenvalue weighted by Crippen LogP contribution is -2.38. The molecule has 40 heavy (non-hydrogen) atoms. The number of rotatable bonds is 4. The minimum atomic E-state index is -0.677. The Labute approximate surface area is 236 Å². The van der Waals surface area contributed by atoms with Crippen molar-refractivity contribution in [3.8, 4) is 5.69 Å². The molecular weight excluding hydrogens is 532 g/mol. The molecule has 3 amide bonds. The van der Waals surface area contributed by atoms with Gasteiger partial charge in [-0.15, -0.1) is 0 Å². The van der Waals surface area contributed by atoms with Crippen LogP contribution in [-0.2, 0) is 4.74 Å². The van der Waals surface area contributed by atoms with Crippen LogP contribution in [0.25, 0.3) is 16.6 Å². The summed E-state index contributed by atoms with van der Waals surface area (Å²) in [7, 11) is 0. The van der Waals surface area contributed by atoms with E-state index in [-0.39, 0.29) is 16.0 Å². The van der Waals surface area contributed by atoms with Crippen LogP contribution in [-0.4, -0.2) is 43.7 Å². The number of carbonyl (C=O) groups is 2. The highest BCUT2D eigenvalue weighted by molar-refractivity contribution is 6.35.